The summed E-state index contributed by atoms with van der Waals surface area (Å²) in [6.07, 6.45) is 2.21. The van der Waals surface area contributed by atoms with E-state index >= 15 is 0 Å². The van der Waals surface area contributed by atoms with Crippen LogP contribution in [-0.4, -0.2) is 48.3 Å². The van der Waals surface area contributed by atoms with Gasteiger partial charge in [0.25, 0.3) is 0 Å². The maximum atomic E-state index is 10.5. The molecule has 0 radical (unpaired) electrons. The molecule has 2 heterocycles. The standard InChI is InChI=1S/C12H16N2O3/c1-9-5-14(6-11(8-16)17-9)12-3-2-10(7-15)4-13-12/h2-4,7,9,11,16H,5-6,8H2,1H3. The van der Waals surface area contributed by atoms with E-state index in [2.05, 4.69) is 9.88 Å². The summed E-state index contributed by atoms with van der Waals surface area (Å²) in [5, 5.41) is 9.14. The van der Waals surface area contributed by atoms with E-state index in [0.29, 0.717) is 12.1 Å². The number of carbonyl (C=O) groups excluding carboxylic acids is 1. The van der Waals surface area contributed by atoms with Crippen molar-refractivity contribution >= 4 is 12.1 Å². The molecule has 0 spiro atoms. The highest BCUT2D eigenvalue weighted by Gasteiger charge is 2.25. The molecule has 1 aromatic heterocycles. The summed E-state index contributed by atoms with van der Waals surface area (Å²) in [6, 6.07) is 3.56. The van der Waals surface area contributed by atoms with Gasteiger partial charge in [-0.15, -0.1) is 0 Å². The third-order valence-electron chi connectivity index (χ3n) is 2.76. The fourth-order valence-corrected chi connectivity index (χ4v) is 1.99. The lowest BCUT2D eigenvalue weighted by molar-refractivity contribution is -0.0423. The molecule has 0 aromatic carbocycles. The molecular weight excluding hydrogens is 220 g/mol. The predicted octanol–water partition coefficient (Wildman–Crippen LogP) is 0.480. The Balaban J connectivity index is 2.11. The highest BCUT2D eigenvalue weighted by atomic mass is 16.5. The molecule has 1 saturated heterocycles. The van der Waals surface area contributed by atoms with E-state index in [1.54, 1.807) is 12.3 Å². The minimum absolute atomic E-state index is 0.00720. The van der Waals surface area contributed by atoms with Crippen LogP contribution >= 0.6 is 0 Å². The number of carbonyl (C=O) groups is 1. The van der Waals surface area contributed by atoms with Crippen LogP contribution in [0.25, 0.3) is 0 Å². The molecule has 5 nitrogen and oxygen atoms in total. The fraction of sp³-hybridized carbons (Fsp3) is 0.500. The zero-order valence-corrected chi connectivity index (χ0v) is 9.74. The molecule has 0 amide bonds. The second kappa shape index (κ2) is 5.25. The van der Waals surface area contributed by atoms with Crippen molar-refractivity contribution in [2.75, 3.05) is 24.6 Å². The summed E-state index contributed by atoms with van der Waals surface area (Å²) in [7, 11) is 0. The Bertz CT molecular complexity index is 380. The van der Waals surface area contributed by atoms with Crippen LogP contribution in [0.3, 0.4) is 0 Å². The summed E-state index contributed by atoms with van der Waals surface area (Å²) in [6.45, 7) is 3.33. The normalized spacial score (nSPS) is 24.7. The first-order valence-corrected chi connectivity index (χ1v) is 5.65. The lowest BCUT2D eigenvalue weighted by atomic mass is 10.2. The molecule has 1 aliphatic heterocycles. The Morgan fingerprint density at radius 3 is 3.00 bits per heavy atom. The van der Waals surface area contributed by atoms with Crippen LogP contribution in [0.2, 0.25) is 0 Å². The van der Waals surface area contributed by atoms with Crippen molar-refractivity contribution in [2.45, 2.75) is 19.1 Å². The summed E-state index contributed by atoms with van der Waals surface area (Å²) >= 11 is 0. The first-order valence-electron chi connectivity index (χ1n) is 5.65. The average Bonchev–Trinajstić information content (AvgIpc) is 2.38. The monoisotopic (exact) mass is 236 g/mol. The van der Waals surface area contributed by atoms with Crippen LogP contribution in [0.15, 0.2) is 18.3 Å². The maximum Gasteiger partial charge on any atom is 0.151 e. The molecule has 5 heteroatoms. The van der Waals surface area contributed by atoms with Gasteiger partial charge in [0.05, 0.1) is 18.8 Å². The number of morpholine rings is 1. The predicted molar refractivity (Wildman–Crippen MR) is 63.3 cm³/mol. The van der Waals surface area contributed by atoms with Crippen molar-refractivity contribution in [2.24, 2.45) is 0 Å². The zero-order chi connectivity index (χ0) is 12.3. The van der Waals surface area contributed by atoms with E-state index in [9.17, 15) is 4.79 Å². The number of anilines is 1. The molecule has 1 aliphatic rings. The second-order valence-electron chi connectivity index (χ2n) is 4.22. The Labute approximate surface area is 100 Å². The number of pyridine rings is 1. The van der Waals surface area contributed by atoms with Crippen LogP contribution < -0.4 is 4.90 Å². The van der Waals surface area contributed by atoms with Gasteiger partial charge in [0, 0.05) is 24.8 Å². The molecule has 1 N–H and O–H groups in total. The Kier molecular flexibility index (Phi) is 3.71. The van der Waals surface area contributed by atoms with Crippen LogP contribution in [0.1, 0.15) is 17.3 Å². The van der Waals surface area contributed by atoms with E-state index in [4.69, 9.17) is 9.84 Å². The van der Waals surface area contributed by atoms with E-state index in [0.717, 1.165) is 18.6 Å². The van der Waals surface area contributed by atoms with E-state index in [1.807, 2.05) is 13.0 Å². The number of aliphatic hydroxyl groups excluding tert-OH is 1. The summed E-state index contributed by atoms with van der Waals surface area (Å²) in [4.78, 5) is 16.8. The van der Waals surface area contributed by atoms with Crippen LogP contribution in [0, 0.1) is 0 Å². The second-order valence-corrected chi connectivity index (χ2v) is 4.22. The summed E-state index contributed by atoms with van der Waals surface area (Å²) in [5.74, 6) is 0.809. The van der Waals surface area contributed by atoms with Gasteiger partial charge in [0.2, 0.25) is 0 Å². The molecule has 92 valence electrons. The smallest absolute Gasteiger partial charge is 0.151 e. The maximum absolute atomic E-state index is 10.5. The molecule has 0 aliphatic carbocycles. The molecule has 2 unspecified atom stereocenters. The van der Waals surface area contributed by atoms with Crippen molar-refractivity contribution in [1.82, 2.24) is 4.98 Å². The van der Waals surface area contributed by atoms with Crippen molar-refractivity contribution in [3.05, 3.63) is 23.9 Å². The van der Waals surface area contributed by atoms with E-state index in [-0.39, 0.29) is 18.8 Å². The first-order chi connectivity index (χ1) is 8.22. The number of aliphatic hydroxyl groups is 1. The highest BCUT2D eigenvalue weighted by Crippen LogP contribution is 2.18. The lowest BCUT2D eigenvalue weighted by Gasteiger charge is -2.36. The number of rotatable bonds is 3. The molecule has 0 saturated carbocycles. The van der Waals surface area contributed by atoms with Gasteiger partial charge in [-0.05, 0) is 19.1 Å². The van der Waals surface area contributed by atoms with Crippen molar-refractivity contribution in [1.29, 1.82) is 0 Å². The molecule has 2 atom stereocenters. The number of hydrogen-bond donors (Lipinski definition) is 1. The highest BCUT2D eigenvalue weighted by molar-refractivity contribution is 5.74. The minimum atomic E-state index is -0.175. The van der Waals surface area contributed by atoms with E-state index in [1.165, 1.54) is 0 Å². The quantitative estimate of drug-likeness (QED) is 0.773. The first kappa shape index (κ1) is 12.0. The minimum Gasteiger partial charge on any atom is -0.394 e. The SMILES string of the molecule is CC1CN(c2ccc(C=O)cn2)CC(CO)O1. The van der Waals surface area contributed by atoms with Gasteiger partial charge in [-0.1, -0.05) is 0 Å². The van der Waals surface area contributed by atoms with Crippen LogP contribution in [-0.2, 0) is 4.74 Å². The van der Waals surface area contributed by atoms with Gasteiger partial charge in [-0.25, -0.2) is 4.98 Å². The van der Waals surface area contributed by atoms with Gasteiger partial charge in [-0.2, -0.15) is 0 Å². The van der Waals surface area contributed by atoms with Gasteiger partial charge >= 0.3 is 0 Å². The lowest BCUT2D eigenvalue weighted by Crippen LogP contribution is -2.48. The largest absolute Gasteiger partial charge is 0.394 e. The number of aldehydes is 1. The van der Waals surface area contributed by atoms with Gasteiger partial charge in [-0.3, -0.25) is 4.79 Å². The Morgan fingerprint density at radius 1 is 1.59 bits per heavy atom. The van der Waals surface area contributed by atoms with Crippen molar-refractivity contribution < 1.29 is 14.6 Å². The Morgan fingerprint density at radius 2 is 2.41 bits per heavy atom. The zero-order valence-electron chi connectivity index (χ0n) is 9.74. The van der Waals surface area contributed by atoms with Gasteiger partial charge in [0.1, 0.15) is 5.82 Å². The van der Waals surface area contributed by atoms with Crippen LogP contribution in [0.4, 0.5) is 5.82 Å². The van der Waals surface area contributed by atoms with Gasteiger partial charge in [0.15, 0.2) is 6.29 Å². The number of hydrogen-bond acceptors (Lipinski definition) is 5. The topological polar surface area (TPSA) is 62.7 Å². The fourth-order valence-electron chi connectivity index (χ4n) is 1.99. The average molecular weight is 236 g/mol. The number of ether oxygens (including phenoxy) is 1. The summed E-state index contributed by atoms with van der Waals surface area (Å²) < 4.78 is 5.56. The third kappa shape index (κ3) is 2.81. The molecule has 0 bridgehead atoms. The molecule has 17 heavy (non-hydrogen) atoms. The third-order valence-corrected chi connectivity index (χ3v) is 2.76. The van der Waals surface area contributed by atoms with Crippen molar-refractivity contribution in [3.8, 4) is 0 Å². The number of nitrogens with zero attached hydrogens (tertiary/aromatic N) is 2. The van der Waals surface area contributed by atoms with Crippen molar-refractivity contribution in [3.63, 3.8) is 0 Å². The molecular formula is C12H16N2O3. The van der Waals surface area contributed by atoms with Crippen LogP contribution in [0.5, 0.6) is 0 Å². The molecule has 1 fully saturated rings. The van der Waals surface area contributed by atoms with Gasteiger partial charge < -0.3 is 14.7 Å². The summed E-state index contributed by atoms with van der Waals surface area (Å²) in [5.41, 5.74) is 0.564. The molecule has 2 rings (SSSR count). The van der Waals surface area contributed by atoms with E-state index < -0.39 is 0 Å². The molecule has 1 aromatic rings. The number of aromatic nitrogens is 1. The Hall–Kier alpha value is -1.46.